The van der Waals surface area contributed by atoms with E-state index in [0.717, 1.165) is 22.4 Å². The van der Waals surface area contributed by atoms with E-state index in [2.05, 4.69) is 10.4 Å². The van der Waals surface area contributed by atoms with Gasteiger partial charge in [0.25, 0.3) is 5.91 Å². The van der Waals surface area contributed by atoms with E-state index in [4.69, 9.17) is 11.6 Å². The van der Waals surface area contributed by atoms with Gasteiger partial charge in [-0.15, -0.1) is 0 Å². The summed E-state index contributed by atoms with van der Waals surface area (Å²) in [7, 11) is 0. The van der Waals surface area contributed by atoms with E-state index in [9.17, 15) is 4.79 Å². The van der Waals surface area contributed by atoms with Crippen LogP contribution in [0.1, 0.15) is 22.4 Å². The fourth-order valence-electron chi connectivity index (χ4n) is 3.29. The summed E-state index contributed by atoms with van der Waals surface area (Å²) in [4.78, 5) is 13.2. The molecule has 3 aromatic carbocycles. The van der Waals surface area contributed by atoms with E-state index in [1.54, 1.807) is 0 Å². The summed E-state index contributed by atoms with van der Waals surface area (Å²) in [6, 6.07) is 29.0. The number of nitrogens with one attached hydrogen (secondary N) is 1. The number of hydrogen-bond acceptors (Lipinski definition) is 2. The molecule has 0 aliphatic rings. The minimum Gasteiger partial charge on any atom is -0.305 e. The Morgan fingerprint density at radius 2 is 1.61 bits per heavy atom. The molecule has 1 amide bonds. The van der Waals surface area contributed by atoms with E-state index in [1.165, 1.54) is 0 Å². The fourth-order valence-corrected chi connectivity index (χ4v) is 3.42. The van der Waals surface area contributed by atoms with Gasteiger partial charge in [-0.3, -0.25) is 9.48 Å². The van der Waals surface area contributed by atoms with Gasteiger partial charge in [0.2, 0.25) is 0 Å². The first kappa shape index (κ1) is 20.6. The highest BCUT2D eigenvalue weighted by atomic mass is 35.5. The summed E-state index contributed by atoms with van der Waals surface area (Å²) in [5, 5.41) is 8.23. The lowest BCUT2D eigenvalue weighted by molar-refractivity contribution is -0.111. The number of benzene rings is 3. The third kappa shape index (κ3) is 5.30. The minimum absolute atomic E-state index is 0.203. The van der Waals surface area contributed by atoms with Crippen molar-refractivity contribution in [2.45, 2.75) is 13.5 Å². The highest BCUT2D eigenvalue weighted by Gasteiger charge is 2.15. The maximum Gasteiger partial charge on any atom is 0.257 e. The number of hydrogen-bond donors (Lipinski definition) is 1. The lowest BCUT2D eigenvalue weighted by atomic mass is 10.0. The predicted octanol–water partition coefficient (Wildman–Crippen LogP) is 6.07. The Hall–Kier alpha value is -3.63. The van der Waals surface area contributed by atoms with Gasteiger partial charge < -0.3 is 5.32 Å². The normalized spacial score (nSPS) is 11.4. The summed E-state index contributed by atoms with van der Waals surface area (Å²) in [6.07, 6.45) is 1.89. The maximum atomic E-state index is 13.2. The van der Waals surface area contributed by atoms with Crippen LogP contribution in [0.25, 0.3) is 11.6 Å². The molecule has 0 radical (unpaired) electrons. The van der Waals surface area contributed by atoms with Gasteiger partial charge in [-0.1, -0.05) is 84.4 Å². The van der Waals surface area contributed by atoms with E-state index < -0.39 is 0 Å². The van der Waals surface area contributed by atoms with Crippen LogP contribution in [-0.4, -0.2) is 15.7 Å². The minimum atomic E-state index is -0.203. The molecule has 31 heavy (non-hydrogen) atoms. The summed E-state index contributed by atoms with van der Waals surface area (Å²) in [5.74, 6) is 0.317. The van der Waals surface area contributed by atoms with E-state index in [0.29, 0.717) is 23.0 Å². The number of aryl methyl sites for hydroxylation is 1. The Labute approximate surface area is 186 Å². The van der Waals surface area contributed by atoms with Crippen LogP contribution in [0.5, 0.6) is 0 Å². The smallest absolute Gasteiger partial charge is 0.257 e. The van der Waals surface area contributed by atoms with Crippen LogP contribution < -0.4 is 5.32 Å². The molecule has 0 bridgehead atoms. The number of aromatic nitrogens is 2. The van der Waals surface area contributed by atoms with Crippen molar-refractivity contribution in [2.24, 2.45) is 0 Å². The lowest BCUT2D eigenvalue weighted by Gasteiger charge is -2.08. The molecule has 0 spiro atoms. The quantitative estimate of drug-likeness (QED) is 0.299. The SMILES string of the molecule is Cc1cc(NC(=O)/C(=C\c2ccccc2)c2ccccc2)nn1Cc1ccc(Cl)cc1. The van der Waals surface area contributed by atoms with Gasteiger partial charge in [-0.2, -0.15) is 5.10 Å². The topological polar surface area (TPSA) is 46.9 Å². The number of carbonyl (C=O) groups excluding carboxylic acids is 1. The fraction of sp³-hybridized carbons (Fsp3) is 0.0769. The van der Waals surface area contributed by atoms with Gasteiger partial charge in [0.15, 0.2) is 5.82 Å². The molecule has 4 aromatic rings. The molecular formula is C26H22ClN3O. The summed E-state index contributed by atoms with van der Waals surface area (Å²) < 4.78 is 1.86. The Morgan fingerprint density at radius 3 is 2.29 bits per heavy atom. The lowest BCUT2D eigenvalue weighted by Crippen LogP contribution is -2.14. The molecule has 4 nitrogen and oxygen atoms in total. The van der Waals surface area contributed by atoms with Crippen LogP contribution in [0.4, 0.5) is 5.82 Å². The molecule has 0 saturated heterocycles. The molecule has 0 aliphatic carbocycles. The maximum absolute atomic E-state index is 13.2. The number of nitrogens with zero attached hydrogens (tertiary/aromatic N) is 2. The molecule has 0 saturated carbocycles. The molecule has 0 fully saturated rings. The number of rotatable bonds is 6. The second kappa shape index (κ2) is 9.45. The molecule has 0 atom stereocenters. The standard InChI is InChI=1S/C26H22ClN3O/c1-19-16-25(29-30(19)18-21-12-14-23(27)15-13-21)28-26(31)24(22-10-6-3-7-11-22)17-20-8-4-2-5-9-20/h2-17H,18H2,1H3,(H,28,29,31)/b24-17-. The highest BCUT2D eigenvalue weighted by molar-refractivity contribution is 6.30. The van der Waals surface area contributed by atoms with Crippen LogP contribution in [0, 0.1) is 6.92 Å². The molecule has 0 aliphatic heterocycles. The summed E-state index contributed by atoms with van der Waals surface area (Å²) in [6.45, 7) is 2.57. The van der Waals surface area contributed by atoms with Gasteiger partial charge in [-0.25, -0.2) is 0 Å². The number of carbonyl (C=O) groups is 1. The zero-order valence-corrected chi connectivity index (χ0v) is 17.9. The van der Waals surface area contributed by atoms with Gasteiger partial charge in [0, 0.05) is 22.4 Å². The first-order chi connectivity index (χ1) is 15.1. The van der Waals surface area contributed by atoms with Crippen molar-refractivity contribution in [2.75, 3.05) is 5.32 Å². The molecule has 1 aromatic heterocycles. The number of amides is 1. The van der Waals surface area contributed by atoms with Crippen molar-refractivity contribution < 1.29 is 4.79 Å². The molecular weight excluding hydrogens is 406 g/mol. The Bertz CT molecular complexity index is 1200. The van der Waals surface area contributed by atoms with Crippen LogP contribution in [0.15, 0.2) is 91.0 Å². The van der Waals surface area contributed by atoms with Crippen molar-refractivity contribution in [1.29, 1.82) is 0 Å². The molecule has 4 rings (SSSR count). The van der Waals surface area contributed by atoms with Crippen LogP contribution in [0.3, 0.4) is 0 Å². The van der Waals surface area contributed by atoms with Crippen molar-refractivity contribution in [3.05, 3.63) is 118 Å². The van der Waals surface area contributed by atoms with Crippen molar-refractivity contribution in [3.8, 4) is 0 Å². The largest absolute Gasteiger partial charge is 0.305 e. The average Bonchev–Trinajstić information content (AvgIpc) is 3.13. The first-order valence-corrected chi connectivity index (χ1v) is 10.4. The Kier molecular flexibility index (Phi) is 6.29. The summed E-state index contributed by atoms with van der Waals surface area (Å²) in [5.41, 5.74) is 4.43. The molecule has 154 valence electrons. The van der Waals surface area contributed by atoms with Gasteiger partial charge in [0.05, 0.1) is 6.54 Å². The average molecular weight is 428 g/mol. The van der Waals surface area contributed by atoms with Crippen molar-refractivity contribution >= 4 is 35.0 Å². The number of halogens is 1. The van der Waals surface area contributed by atoms with Gasteiger partial charge in [-0.05, 0) is 41.8 Å². The van der Waals surface area contributed by atoms with E-state index in [-0.39, 0.29) is 5.91 Å². The molecule has 1 N–H and O–H groups in total. The third-order valence-electron chi connectivity index (χ3n) is 4.91. The van der Waals surface area contributed by atoms with Crippen LogP contribution >= 0.6 is 11.6 Å². The van der Waals surface area contributed by atoms with Crippen molar-refractivity contribution in [1.82, 2.24) is 9.78 Å². The number of anilines is 1. The predicted molar refractivity (Wildman–Crippen MR) is 127 cm³/mol. The third-order valence-corrected chi connectivity index (χ3v) is 5.16. The summed E-state index contributed by atoms with van der Waals surface area (Å²) >= 11 is 5.97. The van der Waals surface area contributed by atoms with Crippen molar-refractivity contribution in [3.63, 3.8) is 0 Å². The van der Waals surface area contributed by atoms with E-state index in [1.807, 2.05) is 109 Å². The zero-order chi connectivity index (χ0) is 21.6. The van der Waals surface area contributed by atoms with Crippen LogP contribution in [0.2, 0.25) is 5.02 Å². The molecule has 1 heterocycles. The monoisotopic (exact) mass is 427 g/mol. The molecule has 0 unspecified atom stereocenters. The second-order valence-electron chi connectivity index (χ2n) is 7.24. The highest BCUT2D eigenvalue weighted by Crippen LogP contribution is 2.21. The van der Waals surface area contributed by atoms with E-state index >= 15 is 0 Å². The first-order valence-electron chi connectivity index (χ1n) is 10.0. The molecule has 5 heteroatoms. The zero-order valence-electron chi connectivity index (χ0n) is 17.1. The Balaban J connectivity index is 1.58. The van der Waals surface area contributed by atoms with Gasteiger partial charge in [0.1, 0.15) is 0 Å². The second-order valence-corrected chi connectivity index (χ2v) is 7.68. The van der Waals surface area contributed by atoms with Gasteiger partial charge >= 0.3 is 0 Å². The van der Waals surface area contributed by atoms with Crippen LogP contribution in [-0.2, 0) is 11.3 Å². The Morgan fingerprint density at radius 1 is 0.968 bits per heavy atom.